The van der Waals surface area contributed by atoms with E-state index in [1.165, 1.54) is 6.92 Å². The average Bonchev–Trinajstić information content (AvgIpc) is 3.11. The summed E-state index contributed by atoms with van der Waals surface area (Å²) in [5.41, 5.74) is 0.257. The molecule has 6 atom stereocenters. The van der Waals surface area contributed by atoms with Crippen LogP contribution in [0.15, 0.2) is 34.5 Å². The highest BCUT2D eigenvalue weighted by Gasteiger charge is 2.52. The second-order valence-corrected chi connectivity index (χ2v) is 8.56. The second-order valence-electron chi connectivity index (χ2n) is 8.56. The highest BCUT2D eigenvalue weighted by molar-refractivity contribution is 5.66. The highest BCUT2D eigenvalue weighted by atomic mass is 16.5. The third-order valence-corrected chi connectivity index (χ3v) is 6.67. The van der Waals surface area contributed by atoms with Crippen LogP contribution in [-0.4, -0.2) is 29.3 Å². The molecule has 0 amide bonds. The summed E-state index contributed by atoms with van der Waals surface area (Å²) in [5, 5.41) is 15.1. The zero-order valence-corrected chi connectivity index (χ0v) is 16.9. The summed E-state index contributed by atoms with van der Waals surface area (Å²) in [4.78, 5) is 11.4. The van der Waals surface area contributed by atoms with Crippen molar-refractivity contribution in [2.45, 2.75) is 65.2 Å². The van der Waals surface area contributed by atoms with Gasteiger partial charge < -0.3 is 19.6 Å². The summed E-state index contributed by atoms with van der Waals surface area (Å²) in [6.45, 7) is 9.44. The van der Waals surface area contributed by atoms with E-state index in [-0.39, 0.29) is 23.9 Å². The number of carbonyl (C=O) groups is 1. The molecule has 0 radical (unpaired) electrons. The molecule has 5 heteroatoms. The number of carbonyl (C=O) groups excluding carboxylic acids is 1. The number of furan rings is 1. The number of aliphatic hydroxyl groups is 1. The predicted molar refractivity (Wildman–Crippen MR) is 104 cm³/mol. The molecule has 2 aliphatic rings. The number of nitrogens with one attached hydrogen (secondary N) is 1. The summed E-state index contributed by atoms with van der Waals surface area (Å²) in [7, 11) is 0. The Morgan fingerprint density at radius 1 is 1.48 bits per heavy atom. The Balaban J connectivity index is 1.70. The van der Waals surface area contributed by atoms with Crippen molar-refractivity contribution in [1.82, 2.24) is 5.32 Å². The number of fused-ring (bicyclic) bond motifs is 1. The lowest BCUT2D eigenvalue weighted by atomic mass is 9.57. The van der Waals surface area contributed by atoms with Crippen LogP contribution in [0, 0.1) is 23.7 Å². The molecule has 2 aliphatic carbocycles. The van der Waals surface area contributed by atoms with E-state index in [2.05, 4.69) is 25.2 Å². The van der Waals surface area contributed by atoms with Crippen molar-refractivity contribution in [2.75, 3.05) is 6.54 Å². The third kappa shape index (κ3) is 4.30. The lowest BCUT2D eigenvalue weighted by Gasteiger charge is -2.53. The number of hydrogen-bond donors (Lipinski definition) is 2. The molecule has 27 heavy (non-hydrogen) atoms. The zero-order valence-electron chi connectivity index (χ0n) is 16.9. The molecular formula is C22H33NO4. The molecule has 0 spiro atoms. The first-order valence-corrected chi connectivity index (χ1v) is 10.1. The van der Waals surface area contributed by atoms with Gasteiger partial charge >= 0.3 is 5.97 Å². The van der Waals surface area contributed by atoms with Crippen LogP contribution < -0.4 is 5.32 Å². The maximum absolute atomic E-state index is 11.6. The monoisotopic (exact) mass is 375 g/mol. The minimum Gasteiger partial charge on any atom is -0.468 e. The molecule has 0 unspecified atom stereocenters. The van der Waals surface area contributed by atoms with E-state index < -0.39 is 5.60 Å². The van der Waals surface area contributed by atoms with Crippen LogP contribution in [0.25, 0.3) is 0 Å². The van der Waals surface area contributed by atoms with Crippen molar-refractivity contribution in [1.29, 1.82) is 0 Å². The van der Waals surface area contributed by atoms with Gasteiger partial charge in [-0.1, -0.05) is 19.9 Å². The van der Waals surface area contributed by atoms with Crippen molar-refractivity contribution >= 4 is 5.97 Å². The molecule has 1 fully saturated rings. The van der Waals surface area contributed by atoms with Crippen LogP contribution in [0.4, 0.5) is 0 Å². The maximum Gasteiger partial charge on any atom is 0.303 e. The first-order chi connectivity index (χ1) is 12.8. The van der Waals surface area contributed by atoms with Crippen molar-refractivity contribution in [3.05, 3.63) is 35.8 Å². The van der Waals surface area contributed by atoms with E-state index in [9.17, 15) is 9.90 Å². The van der Waals surface area contributed by atoms with Crippen LogP contribution >= 0.6 is 0 Å². The minimum absolute atomic E-state index is 0.105. The summed E-state index contributed by atoms with van der Waals surface area (Å²) in [6.07, 6.45) is 6.18. The highest BCUT2D eigenvalue weighted by Crippen LogP contribution is 2.51. The minimum atomic E-state index is -0.808. The van der Waals surface area contributed by atoms with E-state index in [4.69, 9.17) is 9.15 Å². The Bertz CT molecular complexity index is 668. The Kier molecular flexibility index (Phi) is 6.11. The molecular weight excluding hydrogens is 342 g/mol. The molecule has 1 heterocycles. The zero-order chi connectivity index (χ0) is 19.6. The topological polar surface area (TPSA) is 71.7 Å². The third-order valence-electron chi connectivity index (χ3n) is 6.67. The Morgan fingerprint density at radius 2 is 2.26 bits per heavy atom. The van der Waals surface area contributed by atoms with E-state index in [0.29, 0.717) is 18.3 Å². The van der Waals surface area contributed by atoms with Gasteiger partial charge in [0.1, 0.15) is 11.9 Å². The Labute approximate surface area is 162 Å². The van der Waals surface area contributed by atoms with Gasteiger partial charge in [0, 0.05) is 19.3 Å². The Morgan fingerprint density at radius 3 is 2.93 bits per heavy atom. The van der Waals surface area contributed by atoms with E-state index in [0.717, 1.165) is 37.3 Å². The smallest absolute Gasteiger partial charge is 0.303 e. The molecule has 150 valence electrons. The van der Waals surface area contributed by atoms with E-state index in [1.54, 1.807) is 6.26 Å². The number of hydrogen-bond acceptors (Lipinski definition) is 5. The molecule has 3 rings (SSSR count). The van der Waals surface area contributed by atoms with E-state index in [1.807, 2.05) is 19.1 Å². The number of rotatable bonds is 6. The second kappa shape index (κ2) is 8.19. The molecule has 0 bridgehead atoms. The lowest BCUT2D eigenvalue weighted by molar-refractivity contribution is -0.159. The standard InChI is InChI=1S/C22H33NO4/c1-14-10-20-19(15(2)12-23-13-18-6-5-9-26-18)8-7-16(3)22(20,25)11-21(14)27-17(4)24/h5-6,9-10,15-16,19-21,23,25H,7-8,11-13H2,1-4H3/t15-,16-,19+,20-,21-,22-/m1/s1. The van der Waals surface area contributed by atoms with Crippen LogP contribution in [0.1, 0.15) is 52.7 Å². The van der Waals surface area contributed by atoms with Crippen molar-refractivity contribution in [3.8, 4) is 0 Å². The summed E-state index contributed by atoms with van der Waals surface area (Å²) in [6, 6.07) is 3.87. The predicted octanol–water partition coefficient (Wildman–Crippen LogP) is 3.68. The van der Waals surface area contributed by atoms with Crippen molar-refractivity contribution < 1.29 is 19.1 Å². The fraction of sp³-hybridized carbons (Fsp3) is 0.682. The fourth-order valence-electron chi connectivity index (χ4n) is 4.99. The van der Waals surface area contributed by atoms with E-state index >= 15 is 0 Å². The van der Waals surface area contributed by atoms with Gasteiger partial charge in [-0.05, 0) is 61.8 Å². The molecule has 1 aromatic heterocycles. The van der Waals surface area contributed by atoms with Gasteiger partial charge in [0.2, 0.25) is 0 Å². The summed E-state index contributed by atoms with van der Waals surface area (Å²) < 4.78 is 10.9. The fourth-order valence-corrected chi connectivity index (χ4v) is 4.99. The van der Waals surface area contributed by atoms with Gasteiger partial charge in [-0.15, -0.1) is 0 Å². The summed E-state index contributed by atoms with van der Waals surface area (Å²) >= 11 is 0. The van der Waals surface area contributed by atoms with Gasteiger partial charge in [-0.25, -0.2) is 0 Å². The van der Waals surface area contributed by atoms with Crippen LogP contribution in [-0.2, 0) is 16.1 Å². The average molecular weight is 376 g/mol. The molecule has 0 aromatic carbocycles. The van der Waals surface area contributed by atoms with Gasteiger partial charge in [0.05, 0.1) is 18.4 Å². The molecule has 0 aliphatic heterocycles. The molecule has 1 aromatic rings. The van der Waals surface area contributed by atoms with Crippen LogP contribution in [0.5, 0.6) is 0 Å². The van der Waals surface area contributed by atoms with Crippen molar-refractivity contribution in [2.24, 2.45) is 23.7 Å². The molecule has 0 saturated heterocycles. The van der Waals surface area contributed by atoms with Gasteiger partial charge in [-0.2, -0.15) is 0 Å². The van der Waals surface area contributed by atoms with Crippen LogP contribution in [0.3, 0.4) is 0 Å². The number of ether oxygens (including phenoxy) is 1. The molecule has 1 saturated carbocycles. The first kappa shape index (κ1) is 20.2. The largest absolute Gasteiger partial charge is 0.468 e. The Hall–Kier alpha value is -1.59. The SMILES string of the molecule is CC(=O)O[C@@H]1C[C@@]2(O)[C@H](C)CC[C@@H]([C@H](C)CNCc3ccco3)[C@H]2C=C1C. The quantitative estimate of drug-likeness (QED) is 0.586. The molecule has 2 N–H and O–H groups in total. The van der Waals surface area contributed by atoms with Gasteiger partial charge in [0.25, 0.3) is 0 Å². The van der Waals surface area contributed by atoms with Gasteiger partial charge in [-0.3, -0.25) is 4.79 Å². The molecule has 5 nitrogen and oxygen atoms in total. The normalized spacial score (nSPS) is 34.5. The first-order valence-electron chi connectivity index (χ1n) is 10.1. The summed E-state index contributed by atoms with van der Waals surface area (Å²) in [5.74, 6) is 1.79. The maximum atomic E-state index is 11.6. The van der Waals surface area contributed by atoms with Gasteiger partial charge in [0.15, 0.2) is 0 Å². The van der Waals surface area contributed by atoms with Crippen molar-refractivity contribution in [3.63, 3.8) is 0 Å². The lowest BCUT2D eigenvalue weighted by Crippen LogP contribution is -2.56. The number of esters is 1. The van der Waals surface area contributed by atoms with Crippen LogP contribution in [0.2, 0.25) is 0 Å².